The van der Waals surface area contributed by atoms with Crippen molar-refractivity contribution in [1.82, 2.24) is 10.3 Å². The number of esters is 1. The van der Waals surface area contributed by atoms with Gasteiger partial charge in [0.2, 0.25) is 0 Å². The van der Waals surface area contributed by atoms with Crippen LogP contribution in [0.1, 0.15) is 36.2 Å². The molecule has 3 rings (SSSR count). The number of thiazole rings is 1. The van der Waals surface area contributed by atoms with Crippen molar-refractivity contribution in [3.05, 3.63) is 63.3 Å². The first-order valence-corrected chi connectivity index (χ1v) is 10.9. The van der Waals surface area contributed by atoms with Crippen molar-refractivity contribution in [2.24, 2.45) is 0 Å². The first kappa shape index (κ1) is 20.2. The summed E-state index contributed by atoms with van der Waals surface area (Å²) in [6.07, 6.45) is 0.815. The molecule has 0 unspecified atom stereocenters. The second-order valence-electron chi connectivity index (χ2n) is 6.43. The lowest BCUT2D eigenvalue weighted by Gasteiger charge is -2.17. The molecule has 1 N–H and O–H groups in total. The van der Waals surface area contributed by atoms with Crippen LogP contribution in [0.4, 0.5) is 0 Å². The molecule has 0 saturated heterocycles. The Balaban J connectivity index is 1.47. The van der Waals surface area contributed by atoms with E-state index in [2.05, 4.69) is 10.3 Å². The molecule has 146 valence electrons. The first-order valence-electron chi connectivity index (χ1n) is 9.03. The third-order valence-electron chi connectivity index (χ3n) is 4.23. The second kappa shape index (κ2) is 9.61. The summed E-state index contributed by atoms with van der Waals surface area (Å²) < 4.78 is 5.12. The van der Waals surface area contributed by atoms with E-state index in [-0.39, 0.29) is 25.0 Å². The van der Waals surface area contributed by atoms with Gasteiger partial charge in [-0.3, -0.25) is 9.59 Å². The van der Waals surface area contributed by atoms with E-state index in [4.69, 9.17) is 4.74 Å². The molecule has 28 heavy (non-hydrogen) atoms. The highest BCUT2D eigenvalue weighted by Gasteiger charge is 2.15. The van der Waals surface area contributed by atoms with Gasteiger partial charge in [-0.05, 0) is 30.4 Å². The largest absolute Gasteiger partial charge is 0.455 e. The van der Waals surface area contributed by atoms with Gasteiger partial charge in [-0.15, -0.1) is 11.3 Å². The fraction of sp³-hybridized carbons (Fsp3) is 0.286. The van der Waals surface area contributed by atoms with Gasteiger partial charge < -0.3 is 10.1 Å². The average molecular weight is 415 g/mol. The lowest BCUT2D eigenvalue weighted by molar-refractivity contribution is -0.148. The molecular weight excluding hydrogens is 392 g/mol. The third-order valence-corrected chi connectivity index (χ3v) is 5.86. The zero-order chi connectivity index (χ0) is 19.9. The molecule has 0 aliphatic carbocycles. The quantitative estimate of drug-likeness (QED) is 0.550. The maximum absolute atomic E-state index is 12.2. The molecule has 2 heterocycles. The summed E-state index contributed by atoms with van der Waals surface area (Å²) >= 11 is 3.10. The molecule has 1 aromatic carbocycles. The minimum absolute atomic E-state index is 0.0586. The fourth-order valence-corrected chi connectivity index (χ4v) is 4.24. The molecule has 1 atom stereocenters. The number of amides is 1. The number of nitrogens with one attached hydrogen (secondary N) is 1. The molecule has 0 aliphatic heterocycles. The lowest BCUT2D eigenvalue weighted by Crippen LogP contribution is -2.32. The topological polar surface area (TPSA) is 68.3 Å². The molecule has 0 spiro atoms. The van der Waals surface area contributed by atoms with E-state index in [0.717, 1.165) is 22.6 Å². The SMILES string of the molecule is CC[C@@H](NC(=O)COC(=O)Cc1csc(-c2ccsc2)n1)c1ccc(C)cc1. The number of benzene rings is 1. The van der Waals surface area contributed by atoms with Crippen molar-refractivity contribution in [3.8, 4) is 10.6 Å². The Labute approximate surface area is 172 Å². The third kappa shape index (κ3) is 5.50. The van der Waals surface area contributed by atoms with Gasteiger partial charge in [0.25, 0.3) is 5.91 Å². The fourth-order valence-electron chi connectivity index (χ4n) is 2.71. The first-order chi connectivity index (χ1) is 13.5. The van der Waals surface area contributed by atoms with Crippen LogP contribution in [0.3, 0.4) is 0 Å². The Hall–Kier alpha value is -2.51. The predicted molar refractivity (Wildman–Crippen MR) is 112 cm³/mol. The number of rotatable bonds is 8. The van der Waals surface area contributed by atoms with E-state index < -0.39 is 5.97 Å². The summed E-state index contributed by atoms with van der Waals surface area (Å²) in [5, 5.41) is 9.65. The van der Waals surface area contributed by atoms with Gasteiger partial charge in [0.1, 0.15) is 5.01 Å². The summed E-state index contributed by atoms with van der Waals surface area (Å²) in [4.78, 5) is 28.7. The highest BCUT2D eigenvalue weighted by Crippen LogP contribution is 2.25. The van der Waals surface area contributed by atoms with Crippen molar-refractivity contribution in [2.75, 3.05) is 6.61 Å². The van der Waals surface area contributed by atoms with Crippen LogP contribution >= 0.6 is 22.7 Å². The minimum Gasteiger partial charge on any atom is -0.455 e. The molecule has 2 aromatic heterocycles. The van der Waals surface area contributed by atoms with Crippen molar-refractivity contribution in [1.29, 1.82) is 0 Å². The predicted octanol–water partition coefficient (Wildman–Crippen LogP) is 4.53. The summed E-state index contributed by atoms with van der Waals surface area (Å²) in [5.41, 5.74) is 3.91. The van der Waals surface area contributed by atoms with Crippen LogP contribution in [-0.4, -0.2) is 23.5 Å². The highest BCUT2D eigenvalue weighted by molar-refractivity contribution is 7.14. The van der Waals surface area contributed by atoms with E-state index in [0.29, 0.717) is 5.69 Å². The van der Waals surface area contributed by atoms with Crippen molar-refractivity contribution in [3.63, 3.8) is 0 Å². The van der Waals surface area contributed by atoms with Crippen LogP contribution in [0.15, 0.2) is 46.5 Å². The highest BCUT2D eigenvalue weighted by atomic mass is 32.1. The van der Waals surface area contributed by atoms with Gasteiger partial charge in [-0.25, -0.2) is 4.98 Å². The molecule has 0 saturated carbocycles. The number of hydrogen-bond acceptors (Lipinski definition) is 6. The van der Waals surface area contributed by atoms with Crippen molar-refractivity contribution in [2.45, 2.75) is 32.7 Å². The Bertz CT molecular complexity index is 918. The molecule has 0 fully saturated rings. The molecule has 0 aliphatic rings. The summed E-state index contributed by atoms with van der Waals surface area (Å²) in [6.45, 7) is 3.74. The lowest BCUT2D eigenvalue weighted by atomic mass is 10.0. The van der Waals surface area contributed by atoms with E-state index in [1.165, 1.54) is 16.9 Å². The standard InChI is InChI=1S/C21H22N2O3S2/c1-3-18(15-6-4-14(2)5-7-15)23-19(24)11-26-20(25)10-17-13-28-21(22-17)16-8-9-27-12-16/h4-9,12-13,18H,3,10-11H2,1-2H3,(H,23,24)/t18-/m1/s1. The number of aromatic nitrogens is 1. The summed E-state index contributed by atoms with van der Waals surface area (Å²) in [6, 6.07) is 9.93. The molecule has 5 nitrogen and oxygen atoms in total. The number of carbonyl (C=O) groups is 2. The molecule has 1 amide bonds. The van der Waals surface area contributed by atoms with Gasteiger partial charge in [0, 0.05) is 16.3 Å². The number of carbonyl (C=O) groups excluding carboxylic acids is 2. The number of aryl methyl sites for hydroxylation is 1. The maximum atomic E-state index is 12.2. The van der Waals surface area contributed by atoms with Gasteiger partial charge >= 0.3 is 5.97 Å². The second-order valence-corrected chi connectivity index (χ2v) is 8.07. The van der Waals surface area contributed by atoms with Crippen LogP contribution in [0.2, 0.25) is 0 Å². The van der Waals surface area contributed by atoms with Gasteiger partial charge in [-0.2, -0.15) is 11.3 Å². The molecular formula is C21H22N2O3S2. The van der Waals surface area contributed by atoms with Gasteiger partial charge in [0.05, 0.1) is 18.2 Å². The van der Waals surface area contributed by atoms with E-state index >= 15 is 0 Å². The van der Waals surface area contributed by atoms with Gasteiger partial charge in [0.15, 0.2) is 6.61 Å². The monoisotopic (exact) mass is 414 g/mol. The Morgan fingerprint density at radius 2 is 1.96 bits per heavy atom. The molecule has 7 heteroatoms. The minimum atomic E-state index is -0.458. The number of ether oxygens (including phenoxy) is 1. The van der Waals surface area contributed by atoms with E-state index in [1.807, 2.05) is 60.3 Å². The van der Waals surface area contributed by atoms with Crippen molar-refractivity contribution < 1.29 is 14.3 Å². The number of nitrogens with zero attached hydrogens (tertiary/aromatic N) is 1. The van der Waals surface area contributed by atoms with E-state index in [9.17, 15) is 9.59 Å². The van der Waals surface area contributed by atoms with Gasteiger partial charge in [-0.1, -0.05) is 36.8 Å². The Kier molecular flexibility index (Phi) is 6.95. The van der Waals surface area contributed by atoms with Crippen LogP contribution in [-0.2, 0) is 20.7 Å². The van der Waals surface area contributed by atoms with Crippen molar-refractivity contribution >= 4 is 34.6 Å². The number of thiophene rings is 1. The van der Waals surface area contributed by atoms with Crippen LogP contribution in [0, 0.1) is 6.92 Å². The normalized spacial score (nSPS) is 11.8. The zero-order valence-electron chi connectivity index (χ0n) is 15.8. The zero-order valence-corrected chi connectivity index (χ0v) is 17.4. The molecule has 0 radical (unpaired) electrons. The maximum Gasteiger partial charge on any atom is 0.312 e. The molecule has 3 aromatic rings. The smallest absolute Gasteiger partial charge is 0.312 e. The number of hydrogen-bond donors (Lipinski definition) is 1. The average Bonchev–Trinajstić information content (AvgIpc) is 3.37. The van der Waals surface area contributed by atoms with Crippen LogP contribution in [0.25, 0.3) is 10.6 Å². The van der Waals surface area contributed by atoms with Crippen LogP contribution in [0.5, 0.6) is 0 Å². The summed E-state index contributed by atoms with van der Waals surface area (Å²) in [7, 11) is 0. The Morgan fingerprint density at radius 3 is 2.64 bits per heavy atom. The van der Waals surface area contributed by atoms with E-state index in [1.54, 1.807) is 11.3 Å². The summed E-state index contributed by atoms with van der Waals surface area (Å²) in [5.74, 6) is -0.765. The molecule has 0 bridgehead atoms. The van der Waals surface area contributed by atoms with Crippen LogP contribution < -0.4 is 5.32 Å². The Morgan fingerprint density at radius 1 is 1.18 bits per heavy atom.